The summed E-state index contributed by atoms with van der Waals surface area (Å²) in [5, 5.41) is 19.9. The number of morpholine rings is 1. The van der Waals surface area contributed by atoms with Crippen molar-refractivity contribution >= 4 is 76.8 Å². The van der Waals surface area contributed by atoms with E-state index in [-0.39, 0.29) is 5.88 Å². The Hall–Kier alpha value is -0.520. The Morgan fingerprint density at radius 1 is 1.31 bits per heavy atom. The van der Waals surface area contributed by atoms with Crippen LogP contribution in [0.1, 0.15) is 0 Å². The van der Waals surface area contributed by atoms with Crippen LogP contribution in [-0.2, 0) is 11.3 Å². The third-order valence-corrected chi connectivity index (χ3v) is 6.25. The van der Waals surface area contributed by atoms with Gasteiger partial charge in [0.25, 0.3) is 0 Å². The largest absolute Gasteiger partial charge is 0.493 e. The summed E-state index contributed by atoms with van der Waals surface area (Å²) in [4.78, 5) is 2.32. The molecule has 1 aromatic carbocycles. The first-order valence-corrected chi connectivity index (χ1v) is 11.2. The number of nitrogens with zero attached hydrogens (tertiary/aromatic N) is 4. The molecular formula is C16H18Br2N4O2S2. The summed E-state index contributed by atoms with van der Waals surface area (Å²) in [6.45, 7) is 4.78. The molecule has 26 heavy (non-hydrogen) atoms. The van der Waals surface area contributed by atoms with Crippen molar-refractivity contribution in [3.63, 3.8) is 0 Å². The summed E-state index contributed by atoms with van der Waals surface area (Å²) >= 11 is 13.5. The molecule has 140 valence electrons. The van der Waals surface area contributed by atoms with Crippen LogP contribution in [0.5, 0.6) is 5.88 Å². The highest BCUT2D eigenvalue weighted by molar-refractivity contribution is 9.11. The van der Waals surface area contributed by atoms with E-state index in [1.54, 1.807) is 0 Å². The van der Waals surface area contributed by atoms with Crippen LogP contribution in [0.4, 0.5) is 5.69 Å². The Bertz CT molecular complexity index is 851. The predicted octanol–water partition coefficient (Wildman–Crippen LogP) is 4.94. The molecule has 0 bridgehead atoms. The quantitative estimate of drug-likeness (QED) is 0.456. The maximum Gasteiger partial charge on any atom is 0.220 e. The van der Waals surface area contributed by atoms with Crippen LogP contribution in [-0.4, -0.2) is 58.0 Å². The number of ether oxygens (including phenoxy) is 1. The van der Waals surface area contributed by atoms with Gasteiger partial charge in [-0.15, -0.1) is 10.2 Å². The molecule has 1 saturated heterocycles. The molecule has 0 aliphatic carbocycles. The van der Waals surface area contributed by atoms with Crippen LogP contribution in [0.25, 0.3) is 10.9 Å². The normalized spacial score (nSPS) is 16.0. The van der Waals surface area contributed by atoms with E-state index in [0.29, 0.717) is 16.6 Å². The minimum atomic E-state index is 0.0970. The molecule has 0 amide bonds. The van der Waals surface area contributed by atoms with Gasteiger partial charge in [0.2, 0.25) is 5.88 Å². The van der Waals surface area contributed by atoms with Gasteiger partial charge in [-0.3, -0.25) is 4.90 Å². The summed E-state index contributed by atoms with van der Waals surface area (Å²) in [6, 6.07) is 3.89. The molecule has 0 radical (unpaired) electrons. The number of fused-ring (bicyclic) bond motifs is 1. The zero-order valence-electron chi connectivity index (χ0n) is 14.1. The number of benzene rings is 1. The molecule has 0 saturated carbocycles. The maximum absolute atomic E-state index is 10.8. The van der Waals surface area contributed by atoms with Crippen LogP contribution < -0.4 is 0 Å². The van der Waals surface area contributed by atoms with Gasteiger partial charge in [0, 0.05) is 40.5 Å². The summed E-state index contributed by atoms with van der Waals surface area (Å²) in [6.07, 6.45) is 1.85. The molecule has 6 nitrogen and oxygen atoms in total. The number of aromatic nitrogens is 1. The first-order valence-electron chi connectivity index (χ1n) is 8.01. The van der Waals surface area contributed by atoms with Crippen molar-refractivity contribution < 1.29 is 9.84 Å². The number of thiocarbonyl (C=S) groups is 1. The lowest BCUT2D eigenvalue weighted by atomic mass is 10.2. The van der Waals surface area contributed by atoms with Crippen LogP contribution in [0.2, 0.25) is 0 Å². The summed E-state index contributed by atoms with van der Waals surface area (Å²) in [5.41, 5.74) is 1.32. The van der Waals surface area contributed by atoms with Gasteiger partial charge >= 0.3 is 0 Å². The zero-order valence-corrected chi connectivity index (χ0v) is 18.9. The molecule has 10 heteroatoms. The van der Waals surface area contributed by atoms with E-state index < -0.39 is 0 Å². The Labute approximate surface area is 178 Å². The van der Waals surface area contributed by atoms with Crippen LogP contribution >= 0.6 is 55.8 Å². The fraction of sp³-hybridized carbons (Fsp3) is 0.438. The molecular weight excluding hydrogens is 504 g/mol. The van der Waals surface area contributed by atoms with E-state index in [4.69, 9.17) is 17.0 Å². The minimum absolute atomic E-state index is 0.0970. The number of thioether (sulfide) groups is 1. The third-order valence-electron chi connectivity index (χ3n) is 4.17. The van der Waals surface area contributed by atoms with Crippen LogP contribution in [0.15, 0.2) is 31.3 Å². The molecule has 1 fully saturated rings. The van der Waals surface area contributed by atoms with E-state index >= 15 is 0 Å². The van der Waals surface area contributed by atoms with Gasteiger partial charge in [-0.1, -0.05) is 27.7 Å². The number of hydrogen-bond donors (Lipinski definition) is 1. The molecule has 0 unspecified atom stereocenters. The van der Waals surface area contributed by atoms with Crippen molar-refractivity contribution in [1.29, 1.82) is 0 Å². The van der Waals surface area contributed by atoms with Gasteiger partial charge in [-0.25, -0.2) is 0 Å². The summed E-state index contributed by atoms with van der Waals surface area (Å²) < 4.78 is 9.47. The smallest absolute Gasteiger partial charge is 0.220 e. The van der Waals surface area contributed by atoms with Crippen molar-refractivity contribution in [2.24, 2.45) is 10.2 Å². The van der Waals surface area contributed by atoms with E-state index in [0.717, 1.165) is 52.7 Å². The van der Waals surface area contributed by atoms with E-state index in [9.17, 15) is 5.11 Å². The summed E-state index contributed by atoms with van der Waals surface area (Å²) in [5.74, 6) is 0.0970. The minimum Gasteiger partial charge on any atom is -0.493 e. The maximum atomic E-state index is 10.8. The summed E-state index contributed by atoms with van der Waals surface area (Å²) in [7, 11) is 0. The number of rotatable bonds is 4. The van der Waals surface area contributed by atoms with Crippen molar-refractivity contribution in [2.45, 2.75) is 6.54 Å². The fourth-order valence-electron chi connectivity index (χ4n) is 2.89. The Kier molecular flexibility index (Phi) is 7.09. The van der Waals surface area contributed by atoms with Crippen molar-refractivity contribution in [3.8, 4) is 5.88 Å². The predicted molar refractivity (Wildman–Crippen MR) is 117 cm³/mol. The topological polar surface area (TPSA) is 62.4 Å². The molecule has 0 spiro atoms. The lowest BCUT2D eigenvalue weighted by molar-refractivity contribution is 0.0363. The van der Waals surface area contributed by atoms with Gasteiger partial charge in [-0.05, 0) is 46.5 Å². The van der Waals surface area contributed by atoms with Gasteiger partial charge in [0.1, 0.15) is 0 Å². The average molecular weight is 522 g/mol. The van der Waals surface area contributed by atoms with Crippen molar-refractivity contribution in [1.82, 2.24) is 9.47 Å². The van der Waals surface area contributed by atoms with Gasteiger partial charge < -0.3 is 14.4 Å². The second-order valence-electron chi connectivity index (χ2n) is 5.73. The SMILES string of the molecule is CSC(=S)N=Nc1c(O)n(CCN2CCOCC2)c2c(Br)cc(Br)cc12. The van der Waals surface area contributed by atoms with E-state index in [1.807, 2.05) is 23.0 Å². The second-order valence-corrected chi connectivity index (χ2v) is 8.94. The van der Waals surface area contributed by atoms with E-state index in [2.05, 4.69) is 47.0 Å². The van der Waals surface area contributed by atoms with Gasteiger partial charge in [-0.2, -0.15) is 0 Å². The first kappa shape index (κ1) is 20.2. The lowest BCUT2D eigenvalue weighted by Crippen LogP contribution is -2.38. The molecule has 0 atom stereocenters. The molecule has 1 aromatic heterocycles. The molecule has 2 aromatic rings. The number of hydrogen-bond acceptors (Lipinski definition) is 6. The zero-order chi connectivity index (χ0) is 18.7. The molecule has 1 N–H and O–H groups in total. The Morgan fingerprint density at radius 3 is 2.73 bits per heavy atom. The van der Waals surface area contributed by atoms with Crippen molar-refractivity contribution in [2.75, 3.05) is 39.1 Å². The second kappa shape index (κ2) is 9.11. The molecule has 1 aliphatic rings. The lowest BCUT2D eigenvalue weighted by Gasteiger charge is -2.26. The first-order chi connectivity index (χ1) is 12.5. The third kappa shape index (κ3) is 4.48. The monoisotopic (exact) mass is 520 g/mol. The number of azo groups is 1. The molecule has 2 heterocycles. The fourth-order valence-corrected chi connectivity index (χ4v) is 4.49. The van der Waals surface area contributed by atoms with Gasteiger partial charge in [0.05, 0.1) is 18.7 Å². The standard InChI is InChI=1S/C16H18Br2N4O2S2/c1-26-16(25)20-19-13-11-8-10(17)9-12(18)14(11)22(15(13)23)3-2-21-4-6-24-7-5-21/h8-9,23H,2-7H2,1H3. The van der Waals surface area contributed by atoms with E-state index in [1.165, 1.54) is 11.8 Å². The van der Waals surface area contributed by atoms with Crippen LogP contribution in [0.3, 0.4) is 0 Å². The van der Waals surface area contributed by atoms with Gasteiger partial charge in [0.15, 0.2) is 10.0 Å². The highest BCUT2D eigenvalue weighted by Crippen LogP contribution is 2.43. The molecule has 3 rings (SSSR count). The highest BCUT2D eigenvalue weighted by atomic mass is 79.9. The Balaban J connectivity index is 1.99. The van der Waals surface area contributed by atoms with Crippen molar-refractivity contribution in [3.05, 3.63) is 21.1 Å². The molecule has 1 aliphatic heterocycles. The average Bonchev–Trinajstić information content (AvgIpc) is 2.90. The van der Waals surface area contributed by atoms with Crippen LogP contribution in [0, 0.1) is 0 Å². The highest BCUT2D eigenvalue weighted by Gasteiger charge is 2.21. The number of halogens is 2. The number of aromatic hydroxyl groups is 1. The Morgan fingerprint density at radius 2 is 2.04 bits per heavy atom.